The Kier molecular flexibility index (Phi) is 5.43. The monoisotopic (exact) mass is 163 g/mol. The van der Waals surface area contributed by atoms with Gasteiger partial charge in [-0.25, -0.2) is 0 Å². The van der Waals surface area contributed by atoms with Gasteiger partial charge in [0.15, 0.2) is 0 Å². The molecule has 0 aliphatic rings. The molecule has 0 spiro atoms. The van der Waals surface area contributed by atoms with Crippen LogP contribution in [-0.2, 0) is 0 Å². The van der Waals surface area contributed by atoms with Crippen LogP contribution in [0.3, 0.4) is 0 Å². The lowest BCUT2D eigenvalue weighted by molar-refractivity contribution is 1.02. The molecule has 0 saturated carbocycles. The molecule has 1 aromatic heterocycles. The van der Waals surface area contributed by atoms with E-state index in [9.17, 15) is 0 Å². The fourth-order valence-corrected chi connectivity index (χ4v) is 0.637. The van der Waals surface area contributed by atoms with Gasteiger partial charge in [0, 0.05) is 11.8 Å². The van der Waals surface area contributed by atoms with E-state index < -0.39 is 0 Å². The lowest BCUT2D eigenvalue weighted by atomic mass is 10.2. The van der Waals surface area contributed by atoms with Crippen LogP contribution in [0.1, 0.15) is 25.1 Å². The average Bonchev–Trinajstić information content (AvgIpc) is 2.20. The van der Waals surface area contributed by atoms with Gasteiger partial charge in [0.25, 0.3) is 0 Å². The van der Waals surface area contributed by atoms with Crippen LogP contribution in [0.4, 0.5) is 0 Å². The molecule has 0 radical (unpaired) electrons. The van der Waals surface area contributed by atoms with Gasteiger partial charge in [-0.05, 0) is 6.07 Å². The van der Waals surface area contributed by atoms with Crippen LogP contribution in [-0.4, -0.2) is 16.4 Å². The first-order valence-corrected chi connectivity index (χ1v) is 3.83. The number of hydrogen-bond acceptors (Lipinski definition) is 3. The minimum absolute atomic E-state index is 0.553. The second-order valence-electron chi connectivity index (χ2n) is 1.72. The predicted octanol–water partition coefficient (Wildman–Crippen LogP) is 2.14. The number of aromatic nitrogens is 2. The molecule has 3 heteroatoms. The largest absolute Gasteiger partial charge is 0.306 e. The fourth-order valence-electron chi connectivity index (χ4n) is 0.637. The maximum Gasteiger partial charge on any atom is 0.110 e. The molecular weight excluding hydrogens is 150 g/mol. The van der Waals surface area contributed by atoms with Crippen molar-refractivity contribution in [3.63, 3.8) is 0 Å². The highest BCUT2D eigenvalue weighted by Crippen LogP contribution is 2.00. The minimum Gasteiger partial charge on any atom is -0.306 e. The Balaban J connectivity index is 0.000000561. The average molecular weight is 163 g/mol. The van der Waals surface area contributed by atoms with Crippen LogP contribution in [0.15, 0.2) is 18.8 Å². The van der Waals surface area contributed by atoms with Gasteiger partial charge in [0.05, 0.1) is 6.20 Å². The zero-order valence-corrected chi connectivity index (χ0v) is 7.41. The van der Waals surface area contributed by atoms with Crippen molar-refractivity contribution in [1.82, 2.24) is 10.2 Å². The van der Waals surface area contributed by atoms with E-state index in [1.807, 2.05) is 13.8 Å². The van der Waals surface area contributed by atoms with E-state index in [0.29, 0.717) is 5.69 Å². The van der Waals surface area contributed by atoms with Gasteiger partial charge in [-0.3, -0.25) is 0 Å². The molecule has 1 aromatic rings. The van der Waals surface area contributed by atoms with Crippen LogP contribution in [0, 0.1) is 5.41 Å². The van der Waals surface area contributed by atoms with Crippen LogP contribution in [0.25, 0.3) is 6.08 Å². The molecule has 64 valence electrons. The van der Waals surface area contributed by atoms with E-state index >= 15 is 0 Å². The van der Waals surface area contributed by atoms with Crippen LogP contribution >= 0.6 is 0 Å². The standard InChI is InChI=1S/C7H7N3.C2H6/c1-2-6-3-4-9-10-7(6)5-8;1-2/h2-5,8H,1H2;1-2H3. The summed E-state index contributed by atoms with van der Waals surface area (Å²) in [5.74, 6) is 0. The summed E-state index contributed by atoms with van der Waals surface area (Å²) in [6.45, 7) is 7.57. The molecule has 1 heterocycles. The zero-order chi connectivity index (χ0) is 9.40. The molecule has 0 atom stereocenters. The van der Waals surface area contributed by atoms with Gasteiger partial charge in [0.1, 0.15) is 5.69 Å². The Morgan fingerprint density at radius 2 is 2.17 bits per heavy atom. The van der Waals surface area contributed by atoms with E-state index in [4.69, 9.17) is 5.41 Å². The Morgan fingerprint density at radius 3 is 2.58 bits per heavy atom. The third-order valence-electron chi connectivity index (χ3n) is 1.14. The Bertz CT molecular complexity index is 229. The van der Waals surface area contributed by atoms with Gasteiger partial charge in [-0.2, -0.15) is 5.10 Å². The summed E-state index contributed by atoms with van der Waals surface area (Å²) < 4.78 is 0. The van der Waals surface area contributed by atoms with Crippen molar-refractivity contribution in [2.45, 2.75) is 13.8 Å². The molecule has 12 heavy (non-hydrogen) atoms. The second-order valence-corrected chi connectivity index (χ2v) is 1.72. The van der Waals surface area contributed by atoms with E-state index in [-0.39, 0.29) is 0 Å². The molecule has 1 N–H and O–H groups in total. The molecule has 0 unspecified atom stereocenters. The van der Waals surface area contributed by atoms with Crippen LogP contribution < -0.4 is 0 Å². The molecule has 0 bridgehead atoms. The molecule has 0 amide bonds. The van der Waals surface area contributed by atoms with Crippen molar-refractivity contribution in [1.29, 1.82) is 5.41 Å². The molecule has 0 aliphatic heterocycles. The van der Waals surface area contributed by atoms with Gasteiger partial charge >= 0.3 is 0 Å². The first kappa shape index (κ1) is 10.5. The van der Waals surface area contributed by atoms with Crippen molar-refractivity contribution >= 4 is 12.3 Å². The highest BCUT2D eigenvalue weighted by molar-refractivity contribution is 5.79. The van der Waals surface area contributed by atoms with Crippen molar-refractivity contribution in [2.75, 3.05) is 0 Å². The zero-order valence-electron chi connectivity index (χ0n) is 7.41. The second kappa shape index (κ2) is 6.22. The Labute approximate surface area is 72.7 Å². The number of nitrogens with one attached hydrogen (secondary N) is 1. The molecule has 1 rings (SSSR count). The first-order chi connectivity index (χ1) is 5.88. The summed E-state index contributed by atoms with van der Waals surface area (Å²) in [5, 5.41) is 14.2. The summed E-state index contributed by atoms with van der Waals surface area (Å²) in [5.41, 5.74) is 1.39. The summed E-state index contributed by atoms with van der Waals surface area (Å²) in [7, 11) is 0. The normalized spacial score (nSPS) is 7.83. The van der Waals surface area contributed by atoms with Crippen LogP contribution in [0.5, 0.6) is 0 Å². The summed E-state index contributed by atoms with van der Waals surface area (Å²) >= 11 is 0. The smallest absolute Gasteiger partial charge is 0.110 e. The summed E-state index contributed by atoms with van der Waals surface area (Å²) in [4.78, 5) is 0. The minimum atomic E-state index is 0.553. The molecule has 0 aliphatic carbocycles. The van der Waals surface area contributed by atoms with Crippen molar-refractivity contribution < 1.29 is 0 Å². The highest BCUT2D eigenvalue weighted by Gasteiger charge is 1.93. The fraction of sp³-hybridized carbons (Fsp3) is 0.222. The van der Waals surface area contributed by atoms with Crippen LogP contribution in [0.2, 0.25) is 0 Å². The lowest BCUT2D eigenvalue weighted by Crippen LogP contribution is -1.92. The van der Waals surface area contributed by atoms with Crippen molar-refractivity contribution in [3.8, 4) is 0 Å². The molecule has 0 aromatic carbocycles. The molecule has 0 saturated heterocycles. The van der Waals surface area contributed by atoms with Gasteiger partial charge in [-0.1, -0.05) is 26.5 Å². The van der Waals surface area contributed by atoms with E-state index in [1.54, 1.807) is 18.3 Å². The summed E-state index contributed by atoms with van der Waals surface area (Å²) in [6, 6.07) is 1.76. The van der Waals surface area contributed by atoms with Crippen molar-refractivity contribution in [2.24, 2.45) is 0 Å². The number of nitrogens with zero attached hydrogens (tertiary/aromatic N) is 2. The van der Waals surface area contributed by atoms with Gasteiger partial charge < -0.3 is 5.41 Å². The quantitative estimate of drug-likeness (QED) is 0.679. The molecule has 0 fully saturated rings. The predicted molar refractivity (Wildman–Crippen MR) is 51.4 cm³/mol. The van der Waals surface area contributed by atoms with Gasteiger partial charge in [0.2, 0.25) is 0 Å². The lowest BCUT2D eigenvalue weighted by Gasteiger charge is -1.93. The topological polar surface area (TPSA) is 49.6 Å². The third kappa shape index (κ3) is 2.62. The highest BCUT2D eigenvalue weighted by atomic mass is 15.1. The van der Waals surface area contributed by atoms with E-state index in [2.05, 4.69) is 16.8 Å². The molecule has 3 nitrogen and oxygen atoms in total. The van der Waals surface area contributed by atoms with E-state index in [1.165, 1.54) is 0 Å². The SMILES string of the molecule is C=Cc1ccnnc1C=N.CC. The maximum atomic E-state index is 6.91. The van der Waals surface area contributed by atoms with E-state index in [0.717, 1.165) is 11.8 Å². The Morgan fingerprint density at radius 1 is 1.50 bits per heavy atom. The van der Waals surface area contributed by atoms with Crippen molar-refractivity contribution in [3.05, 3.63) is 30.1 Å². The summed E-state index contributed by atoms with van der Waals surface area (Å²) in [6.07, 6.45) is 4.38. The van der Waals surface area contributed by atoms with Gasteiger partial charge in [-0.15, -0.1) is 5.10 Å². The number of hydrogen-bond donors (Lipinski definition) is 1. The maximum absolute atomic E-state index is 6.91. The Hall–Kier alpha value is -1.51. The molecular formula is C9H13N3. The number of rotatable bonds is 2. The first-order valence-electron chi connectivity index (χ1n) is 3.83. The third-order valence-corrected chi connectivity index (χ3v) is 1.14.